The second-order valence-corrected chi connectivity index (χ2v) is 8.83. The molecule has 3 rings (SSSR count). The van der Waals surface area contributed by atoms with E-state index in [-0.39, 0.29) is 37.9 Å². The molecule has 2 amide bonds. The molecule has 3 N–H and O–H groups in total. The summed E-state index contributed by atoms with van der Waals surface area (Å²) in [6.07, 6.45) is -0.280. The van der Waals surface area contributed by atoms with Crippen LogP contribution in [0.25, 0.3) is 11.1 Å². The van der Waals surface area contributed by atoms with Crippen LogP contribution in [0.3, 0.4) is 0 Å². The van der Waals surface area contributed by atoms with Crippen LogP contribution in [0.1, 0.15) is 43.7 Å². The fourth-order valence-corrected chi connectivity index (χ4v) is 4.25. The minimum atomic E-state index is -1.12. The molecule has 0 saturated carbocycles. The monoisotopic (exact) mass is 468 g/mol. The van der Waals surface area contributed by atoms with Crippen LogP contribution in [0.15, 0.2) is 48.5 Å². The number of nitrogens with one attached hydrogen (secondary N) is 2. The number of aliphatic carboxylic acids is 1. The number of hydrogen-bond acceptors (Lipinski definition) is 5. The third-order valence-corrected chi connectivity index (χ3v) is 5.88. The van der Waals surface area contributed by atoms with Crippen molar-refractivity contribution < 1.29 is 29.0 Å². The van der Waals surface area contributed by atoms with E-state index >= 15 is 0 Å². The molecule has 0 saturated heterocycles. The van der Waals surface area contributed by atoms with Crippen molar-refractivity contribution in [1.82, 2.24) is 10.6 Å². The number of carbonyl (C=O) groups excluding carboxylic acids is 2. The smallest absolute Gasteiger partial charge is 0.407 e. The fraction of sp³-hybridized carbons (Fsp3) is 0.423. The number of ether oxygens (including phenoxy) is 2. The molecular formula is C26H32N2O6. The predicted octanol–water partition coefficient (Wildman–Crippen LogP) is 3.55. The number of carboxylic acid groups (broad SMARTS) is 1. The van der Waals surface area contributed by atoms with E-state index in [1.807, 2.05) is 50.2 Å². The van der Waals surface area contributed by atoms with Crippen molar-refractivity contribution in [1.29, 1.82) is 0 Å². The zero-order valence-corrected chi connectivity index (χ0v) is 19.7. The first kappa shape index (κ1) is 25.2. The highest BCUT2D eigenvalue weighted by atomic mass is 16.5. The largest absolute Gasteiger partial charge is 0.480 e. The molecule has 0 aromatic heterocycles. The Labute approximate surface area is 199 Å². The van der Waals surface area contributed by atoms with Crippen LogP contribution < -0.4 is 10.6 Å². The average molecular weight is 469 g/mol. The second-order valence-electron chi connectivity index (χ2n) is 8.83. The van der Waals surface area contributed by atoms with Gasteiger partial charge < -0.3 is 25.2 Å². The number of carboxylic acids is 1. The van der Waals surface area contributed by atoms with Gasteiger partial charge in [0.15, 0.2) is 0 Å². The van der Waals surface area contributed by atoms with E-state index in [4.69, 9.17) is 9.47 Å². The molecule has 0 bridgehead atoms. The van der Waals surface area contributed by atoms with E-state index < -0.39 is 30.1 Å². The first-order valence-corrected chi connectivity index (χ1v) is 11.5. The Hall–Kier alpha value is -3.39. The summed E-state index contributed by atoms with van der Waals surface area (Å²) in [7, 11) is 1.49. The standard InChI is InChI=1S/C26H32N2O6/c1-16(2)14-23(25(30)31)27-24(29)22(12-13-33-3)28-26(32)34-15-21-19-10-6-4-8-17(19)18-9-5-7-11-20(18)21/h4-11,16,21-23H,12-15H2,1-3H3,(H,27,29)(H,28,32)(H,30,31)/t22?,23-/m0/s1. The lowest BCUT2D eigenvalue weighted by molar-refractivity contribution is -0.142. The van der Waals surface area contributed by atoms with E-state index in [1.54, 1.807) is 0 Å². The first-order valence-electron chi connectivity index (χ1n) is 11.5. The molecule has 0 fully saturated rings. The Morgan fingerprint density at radius 1 is 0.941 bits per heavy atom. The number of amides is 2. The minimum Gasteiger partial charge on any atom is -0.480 e. The summed E-state index contributed by atoms with van der Waals surface area (Å²) in [5, 5.41) is 14.5. The molecule has 34 heavy (non-hydrogen) atoms. The Bertz CT molecular complexity index is 976. The van der Waals surface area contributed by atoms with Gasteiger partial charge in [-0.2, -0.15) is 0 Å². The molecule has 1 aliphatic rings. The Kier molecular flexibility index (Phi) is 8.65. The summed E-state index contributed by atoms with van der Waals surface area (Å²) < 4.78 is 10.6. The van der Waals surface area contributed by atoms with Gasteiger partial charge in [-0.05, 0) is 34.6 Å². The Morgan fingerprint density at radius 3 is 2.06 bits per heavy atom. The molecule has 0 aliphatic heterocycles. The number of fused-ring (bicyclic) bond motifs is 3. The number of benzene rings is 2. The van der Waals surface area contributed by atoms with Gasteiger partial charge in [-0.25, -0.2) is 9.59 Å². The molecule has 8 heteroatoms. The topological polar surface area (TPSA) is 114 Å². The molecule has 2 atom stereocenters. The van der Waals surface area contributed by atoms with Crippen molar-refractivity contribution in [3.63, 3.8) is 0 Å². The predicted molar refractivity (Wildman–Crippen MR) is 128 cm³/mol. The third-order valence-electron chi connectivity index (χ3n) is 5.88. The van der Waals surface area contributed by atoms with Crippen molar-refractivity contribution in [2.45, 2.75) is 44.7 Å². The number of alkyl carbamates (subject to hydrolysis) is 1. The highest BCUT2D eigenvalue weighted by molar-refractivity contribution is 5.89. The normalized spacial score (nSPS) is 14.1. The summed E-state index contributed by atoms with van der Waals surface area (Å²) in [4.78, 5) is 36.9. The van der Waals surface area contributed by atoms with E-state index in [0.717, 1.165) is 22.3 Å². The molecule has 0 spiro atoms. The van der Waals surface area contributed by atoms with Gasteiger partial charge in [0.2, 0.25) is 5.91 Å². The van der Waals surface area contributed by atoms with Crippen LogP contribution in [0.4, 0.5) is 4.79 Å². The quantitative estimate of drug-likeness (QED) is 0.465. The van der Waals surface area contributed by atoms with E-state index in [1.165, 1.54) is 7.11 Å². The molecule has 0 heterocycles. The lowest BCUT2D eigenvalue weighted by atomic mass is 9.98. The summed E-state index contributed by atoms with van der Waals surface area (Å²) in [6.45, 7) is 4.08. The summed E-state index contributed by atoms with van der Waals surface area (Å²) in [5.74, 6) is -1.73. The molecule has 8 nitrogen and oxygen atoms in total. The van der Waals surface area contributed by atoms with Crippen LogP contribution in [0, 0.1) is 5.92 Å². The van der Waals surface area contributed by atoms with Crippen LogP contribution in [0.2, 0.25) is 0 Å². The van der Waals surface area contributed by atoms with Crippen molar-refractivity contribution in [2.75, 3.05) is 20.3 Å². The zero-order chi connectivity index (χ0) is 24.7. The van der Waals surface area contributed by atoms with E-state index in [0.29, 0.717) is 0 Å². The number of rotatable bonds is 11. The molecule has 182 valence electrons. The molecule has 2 aromatic rings. The van der Waals surface area contributed by atoms with Gasteiger partial charge in [0.1, 0.15) is 18.7 Å². The summed E-state index contributed by atoms with van der Waals surface area (Å²) in [5.41, 5.74) is 4.41. The first-order chi connectivity index (χ1) is 16.3. The number of carbonyl (C=O) groups is 3. The second kappa shape index (κ2) is 11.7. The molecule has 0 radical (unpaired) electrons. The van der Waals surface area contributed by atoms with Crippen molar-refractivity contribution in [3.8, 4) is 11.1 Å². The maximum atomic E-state index is 12.8. The zero-order valence-electron chi connectivity index (χ0n) is 19.7. The van der Waals surface area contributed by atoms with Gasteiger partial charge in [-0.15, -0.1) is 0 Å². The van der Waals surface area contributed by atoms with Gasteiger partial charge in [0.25, 0.3) is 0 Å². The van der Waals surface area contributed by atoms with Crippen LogP contribution in [0.5, 0.6) is 0 Å². The number of methoxy groups -OCH3 is 1. The highest BCUT2D eigenvalue weighted by Crippen LogP contribution is 2.44. The van der Waals surface area contributed by atoms with Gasteiger partial charge in [0, 0.05) is 26.1 Å². The third kappa shape index (κ3) is 6.14. The lowest BCUT2D eigenvalue weighted by Gasteiger charge is -2.22. The summed E-state index contributed by atoms with van der Waals surface area (Å²) >= 11 is 0. The van der Waals surface area contributed by atoms with Crippen molar-refractivity contribution in [2.24, 2.45) is 5.92 Å². The summed E-state index contributed by atoms with van der Waals surface area (Å²) in [6, 6.07) is 14.0. The molecule has 2 aromatic carbocycles. The minimum absolute atomic E-state index is 0.0777. The average Bonchev–Trinajstić information content (AvgIpc) is 3.13. The highest BCUT2D eigenvalue weighted by Gasteiger charge is 2.30. The van der Waals surface area contributed by atoms with Crippen molar-refractivity contribution >= 4 is 18.0 Å². The van der Waals surface area contributed by atoms with Crippen LogP contribution in [-0.2, 0) is 19.1 Å². The SMILES string of the molecule is COCCC(NC(=O)OCC1c2ccccc2-c2ccccc21)C(=O)N[C@@H](CC(C)C)C(=O)O. The molecule has 1 unspecified atom stereocenters. The van der Waals surface area contributed by atoms with Crippen LogP contribution >= 0.6 is 0 Å². The lowest BCUT2D eigenvalue weighted by Crippen LogP contribution is -2.52. The molecule has 1 aliphatic carbocycles. The van der Waals surface area contributed by atoms with Gasteiger partial charge in [-0.3, -0.25) is 4.79 Å². The number of hydrogen-bond donors (Lipinski definition) is 3. The van der Waals surface area contributed by atoms with Gasteiger partial charge >= 0.3 is 12.1 Å². The van der Waals surface area contributed by atoms with E-state index in [9.17, 15) is 19.5 Å². The fourth-order valence-electron chi connectivity index (χ4n) is 4.25. The van der Waals surface area contributed by atoms with Gasteiger partial charge in [0.05, 0.1) is 0 Å². The maximum absolute atomic E-state index is 12.8. The van der Waals surface area contributed by atoms with E-state index in [2.05, 4.69) is 22.8 Å². The maximum Gasteiger partial charge on any atom is 0.407 e. The van der Waals surface area contributed by atoms with Crippen molar-refractivity contribution in [3.05, 3.63) is 59.7 Å². The molecular weight excluding hydrogens is 436 g/mol. The van der Waals surface area contributed by atoms with Crippen LogP contribution in [-0.4, -0.2) is 55.5 Å². The Morgan fingerprint density at radius 2 is 1.53 bits per heavy atom. The van der Waals surface area contributed by atoms with Gasteiger partial charge in [-0.1, -0.05) is 62.4 Å². The Balaban J connectivity index is 1.65.